The van der Waals surface area contributed by atoms with Crippen LogP contribution in [-0.4, -0.2) is 83.4 Å². The van der Waals surface area contributed by atoms with E-state index < -0.39 is 41.6 Å². The number of carbonyl (C=O) groups is 6. The molecule has 14 heteroatoms. The number of unbranched alkanes of at least 4 members (excludes halogenated alkanes) is 2. The monoisotopic (exact) mass is 727 g/mol. The predicted molar refractivity (Wildman–Crippen MR) is 195 cm³/mol. The molecule has 0 saturated heterocycles. The molecule has 1 aliphatic rings. The summed E-state index contributed by atoms with van der Waals surface area (Å²) in [6.07, 6.45) is -0.172. The summed E-state index contributed by atoms with van der Waals surface area (Å²) in [4.78, 5) is 84.2. The molecule has 2 N–H and O–H groups in total. The molecule has 0 radical (unpaired) electrons. The van der Waals surface area contributed by atoms with E-state index in [1.165, 1.54) is 11.9 Å². The minimum atomic E-state index is -1.23. The normalized spacial score (nSPS) is 12.6. The van der Waals surface area contributed by atoms with E-state index in [2.05, 4.69) is 15.6 Å². The lowest BCUT2D eigenvalue weighted by Crippen LogP contribution is -2.52. The van der Waals surface area contributed by atoms with Gasteiger partial charge in [0.1, 0.15) is 24.9 Å². The Hall–Kier alpha value is -6.05. The van der Waals surface area contributed by atoms with E-state index in [-0.39, 0.29) is 55.7 Å². The largest absolute Gasteiger partial charge is 0.458 e. The maximum Gasteiger partial charge on any atom is 0.414 e. The lowest BCUT2D eigenvalue weighted by Gasteiger charge is -2.32. The SMILES string of the molecule is CN(C(=O)CCCCCN=C(NC(=O)OCc1ccccc1)NC(=O)OCc1ccccc1)C(CN1C(=O)c2ccccc2C1=O)C(=O)OC(C)(C)C. The summed E-state index contributed by atoms with van der Waals surface area (Å²) in [5, 5.41) is 4.88. The van der Waals surface area contributed by atoms with Crippen molar-refractivity contribution in [3.63, 3.8) is 0 Å². The first kappa shape index (κ1) is 39.7. The van der Waals surface area contributed by atoms with Gasteiger partial charge in [-0.05, 0) is 56.9 Å². The Bertz CT molecular complexity index is 1700. The molecule has 0 aromatic heterocycles. The van der Waals surface area contributed by atoms with Crippen LogP contribution in [0.4, 0.5) is 9.59 Å². The first-order chi connectivity index (χ1) is 25.3. The van der Waals surface area contributed by atoms with Gasteiger partial charge in [-0.25, -0.2) is 14.4 Å². The molecule has 0 bridgehead atoms. The van der Waals surface area contributed by atoms with Crippen LogP contribution < -0.4 is 10.6 Å². The van der Waals surface area contributed by atoms with E-state index in [0.29, 0.717) is 19.3 Å². The molecular formula is C39H45N5O9. The lowest BCUT2D eigenvalue weighted by molar-refractivity contribution is -0.164. The predicted octanol–water partition coefficient (Wildman–Crippen LogP) is 5.22. The third-order valence-corrected chi connectivity index (χ3v) is 7.96. The number of guanidine groups is 1. The van der Waals surface area contributed by atoms with Gasteiger partial charge in [0.15, 0.2) is 0 Å². The Morgan fingerprint density at radius 2 is 1.23 bits per heavy atom. The number of likely N-dealkylation sites (N-methyl/N-ethyl adjacent to an activating group) is 1. The molecule has 14 nitrogen and oxygen atoms in total. The quantitative estimate of drug-likeness (QED) is 0.0564. The van der Waals surface area contributed by atoms with Crippen molar-refractivity contribution in [3.05, 3.63) is 107 Å². The molecule has 0 fully saturated rings. The van der Waals surface area contributed by atoms with Gasteiger partial charge >= 0.3 is 18.2 Å². The van der Waals surface area contributed by atoms with Gasteiger partial charge in [-0.1, -0.05) is 79.2 Å². The number of alkyl carbamates (subject to hydrolysis) is 2. The van der Waals surface area contributed by atoms with E-state index in [0.717, 1.165) is 16.0 Å². The zero-order valence-corrected chi connectivity index (χ0v) is 30.3. The molecule has 0 saturated carbocycles. The van der Waals surface area contributed by atoms with Crippen LogP contribution in [0, 0.1) is 0 Å². The summed E-state index contributed by atoms with van der Waals surface area (Å²) in [6.45, 7) is 4.90. The highest BCUT2D eigenvalue weighted by molar-refractivity contribution is 6.21. The zero-order valence-electron chi connectivity index (χ0n) is 30.3. The molecule has 280 valence electrons. The van der Waals surface area contributed by atoms with Gasteiger partial charge in [-0.15, -0.1) is 0 Å². The molecule has 0 spiro atoms. The van der Waals surface area contributed by atoms with E-state index in [4.69, 9.17) is 14.2 Å². The van der Waals surface area contributed by atoms with Crippen molar-refractivity contribution in [3.8, 4) is 0 Å². The van der Waals surface area contributed by atoms with Crippen molar-refractivity contribution < 1.29 is 43.0 Å². The molecule has 1 unspecified atom stereocenters. The second-order valence-corrected chi connectivity index (χ2v) is 13.2. The van der Waals surface area contributed by atoms with E-state index in [9.17, 15) is 28.8 Å². The molecule has 1 aliphatic heterocycles. The maximum absolute atomic E-state index is 13.3. The average molecular weight is 728 g/mol. The van der Waals surface area contributed by atoms with Gasteiger partial charge in [0, 0.05) is 20.0 Å². The Balaban J connectivity index is 1.31. The van der Waals surface area contributed by atoms with Crippen LogP contribution in [-0.2, 0) is 37.0 Å². The fourth-order valence-corrected chi connectivity index (χ4v) is 5.23. The highest BCUT2D eigenvalue weighted by atomic mass is 16.6. The Morgan fingerprint density at radius 1 is 0.736 bits per heavy atom. The van der Waals surface area contributed by atoms with Crippen molar-refractivity contribution in [2.24, 2.45) is 4.99 Å². The molecule has 1 heterocycles. The summed E-state index contributed by atoms with van der Waals surface area (Å²) in [7, 11) is 1.44. The minimum Gasteiger partial charge on any atom is -0.458 e. The van der Waals surface area contributed by atoms with Gasteiger partial charge in [0.2, 0.25) is 11.9 Å². The van der Waals surface area contributed by atoms with Gasteiger partial charge < -0.3 is 19.1 Å². The number of fused-ring (bicyclic) bond motifs is 1. The summed E-state index contributed by atoms with van der Waals surface area (Å²) >= 11 is 0. The smallest absolute Gasteiger partial charge is 0.414 e. The number of benzene rings is 3. The lowest BCUT2D eigenvalue weighted by atomic mass is 10.1. The van der Waals surface area contributed by atoms with Crippen LogP contribution >= 0.6 is 0 Å². The van der Waals surface area contributed by atoms with Crippen LogP contribution in [0.5, 0.6) is 0 Å². The number of rotatable bonds is 14. The van der Waals surface area contributed by atoms with Gasteiger partial charge in [-0.3, -0.25) is 34.9 Å². The number of amides is 5. The number of hydrogen-bond acceptors (Lipinski definition) is 10. The Labute approximate surface area is 308 Å². The van der Waals surface area contributed by atoms with Crippen LogP contribution in [0.25, 0.3) is 0 Å². The van der Waals surface area contributed by atoms with E-state index in [1.807, 2.05) is 36.4 Å². The van der Waals surface area contributed by atoms with Crippen LogP contribution in [0.1, 0.15) is 78.3 Å². The molecule has 53 heavy (non-hydrogen) atoms. The number of carbonyl (C=O) groups excluding carboxylic acids is 6. The van der Waals surface area contributed by atoms with Gasteiger partial charge in [-0.2, -0.15) is 0 Å². The van der Waals surface area contributed by atoms with E-state index in [1.54, 1.807) is 69.3 Å². The van der Waals surface area contributed by atoms with Gasteiger partial charge in [0.25, 0.3) is 11.8 Å². The second kappa shape index (κ2) is 19.0. The topological polar surface area (TPSA) is 173 Å². The molecule has 3 aromatic carbocycles. The first-order valence-corrected chi connectivity index (χ1v) is 17.3. The summed E-state index contributed by atoms with van der Waals surface area (Å²) in [5.41, 5.74) is 1.15. The Morgan fingerprint density at radius 3 is 1.72 bits per heavy atom. The number of esters is 1. The summed E-state index contributed by atoms with van der Waals surface area (Å²) in [6, 6.07) is 23.3. The standard InChI is InChI=1S/C39H45N5O9/c1-39(2,3)53-35(48)31(24-44-33(46)29-20-13-14-21-30(29)34(44)47)43(4)32(45)22-12-7-15-23-40-36(41-37(49)51-25-27-16-8-5-9-17-27)42-38(50)52-26-28-18-10-6-11-19-28/h5-6,8-11,13-14,16-21,31H,7,12,15,22-26H2,1-4H3,(H2,40,41,42,49,50). The first-order valence-electron chi connectivity index (χ1n) is 17.3. The molecule has 3 aromatic rings. The number of hydrogen-bond donors (Lipinski definition) is 2. The van der Waals surface area contributed by atoms with Crippen molar-refractivity contribution in [2.75, 3.05) is 20.1 Å². The third-order valence-electron chi connectivity index (χ3n) is 7.96. The third kappa shape index (κ3) is 12.3. The highest BCUT2D eigenvalue weighted by Crippen LogP contribution is 2.24. The second-order valence-electron chi connectivity index (χ2n) is 13.2. The molecule has 0 aliphatic carbocycles. The molecule has 5 amide bonds. The maximum atomic E-state index is 13.3. The number of nitrogens with zero attached hydrogens (tertiary/aromatic N) is 3. The Kier molecular flexibility index (Phi) is 14.2. The summed E-state index contributed by atoms with van der Waals surface area (Å²) < 4.78 is 16.1. The zero-order chi connectivity index (χ0) is 38.4. The fourth-order valence-electron chi connectivity index (χ4n) is 5.23. The number of ether oxygens (including phenoxy) is 3. The van der Waals surface area contributed by atoms with Crippen molar-refractivity contribution in [1.29, 1.82) is 0 Å². The van der Waals surface area contributed by atoms with Crippen molar-refractivity contribution in [2.45, 2.75) is 71.3 Å². The van der Waals surface area contributed by atoms with Crippen LogP contribution in [0.3, 0.4) is 0 Å². The summed E-state index contributed by atoms with van der Waals surface area (Å²) in [5.74, 6) is -2.37. The molecule has 1 atom stereocenters. The van der Waals surface area contributed by atoms with Crippen molar-refractivity contribution >= 4 is 41.8 Å². The molecule has 4 rings (SSSR count). The number of nitrogens with one attached hydrogen (secondary N) is 2. The fraction of sp³-hybridized carbons (Fsp3) is 0.359. The number of aliphatic imine (C=N–C) groups is 1. The number of imide groups is 1. The van der Waals surface area contributed by atoms with Gasteiger partial charge in [0.05, 0.1) is 17.7 Å². The minimum absolute atomic E-state index is 0.00790. The van der Waals surface area contributed by atoms with Crippen LogP contribution in [0.2, 0.25) is 0 Å². The van der Waals surface area contributed by atoms with E-state index >= 15 is 0 Å². The van der Waals surface area contributed by atoms with Crippen LogP contribution in [0.15, 0.2) is 89.9 Å². The molecular weight excluding hydrogens is 682 g/mol. The average Bonchev–Trinajstić information content (AvgIpc) is 3.37. The highest BCUT2D eigenvalue weighted by Gasteiger charge is 2.41. The van der Waals surface area contributed by atoms with Crippen molar-refractivity contribution in [1.82, 2.24) is 20.4 Å².